The van der Waals surface area contributed by atoms with Gasteiger partial charge >= 0.3 is 0 Å². The van der Waals surface area contributed by atoms with Gasteiger partial charge in [0.25, 0.3) is 0 Å². The fourth-order valence-corrected chi connectivity index (χ4v) is 11.6. The molecular weight excluding hydrogens is 910 g/mol. The summed E-state index contributed by atoms with van der Waals surface area (Å²) in [6.07, 6.45) is 10.0. The van der Waals surface area contributed by atoms with E-state index in [0.29, 0.717) is 11.8 Å². The molecule has 0 aliphatic rings. The van der Waals surface area contributed by atoms with E-state index in [1.807, 2.05) is 0 Å². The molecule has 0 bridgehead atoms. The van der Waals surface area contributed by atoms with E-state index in [1.165, 1.54) is 133 Å². The zero-order valence-electron chi connectivity index (χ0n) is 37.8. The zero-order chi connectivity index (χ0) is 43.9. The molecule has 3 nitrogen and oxygen atoms in total. The maximum absolute atomic E-state index is 3.75. The number of para-hydroxylation sites is 2. The summed E-state index contributed by atoms with van der Waals surface area (Å²) in [6, 6.07) is 55.6. The molecule has 0 spiro atoms. The summed E-state index contributed by atoms with van der Waals surface area (Å²) in [5.74, 6) is 1.35. The fraction of sp³-hybridized carbons (Fsp3) is 0.288. The number of rotatable bonds is 16. The van der Waals surface area contributed by atoms with Crippen molar-refractivity contribution < 1.29 is 0 Å². The van der Waals surface area contributed by atoms with E-state index in [0.717, 1.165) is 27.7 Å². The molecule has 64 heavy (non-hydrogen) atoms. The minimum atomic E-state index is 0.0259. The topological polar surface area (TPSA) is 14.8 Å². The van der Waals surface area contributed by atoms with Gasteiger partial charge in [-0.05, 0) is 126 Å². The smallest absolute Gasteiger partial charge is 0.0541 e. The van der Waals surface area contributed by atoms with E-state index in [4.69, 9.17) is 0 Å². The van der Waals surface area contributed by atoms with Crippen LogP contribution in [-0.2, 0) is 13.1 Å². The Hall–Kier alpha value is -5.10. The molecule has 0 fully saturated rings. The van der Waals surface area contributed by atoms with Gasteiger partial charge in [0.05, 0.1) is 11.0 Å². The van der Waals surface area contributed by atoms with Crippen molar-refractivity contribution in [3.63, 3.8) is 0 Å². The Morgan fingerprint density at radius 1 is 0.406 bits per heavy atom. The lowest BCUT2D eigenvalue weighted by Gasteiger charge is -2.21. The molecule has 7 aromatic carbocycles. The molecule has 2 unspecified atom stereocenters. The molecule has 2 atom stereocenters. The van der Waals surface area contributed by atoms with Crippen molar-refractivity contribution in [1.29, 1.82) is 0 Å². The van der Waals surface area contributed by atoms with Gasteiger partial charge in [-0.15, -0.1) is 0 Å². The van der Waals surface area contributed by atoms with Crippen molar-refractivity contribution in [2.24, 2.45) is 11.8 Å². The molecule has 0 N–H and O–H groups in total. The van der Waals surface area contributed by atoms with Gasteiger partial charge in [-0.3, -0.25) is 0 Å². The summed E-state index contributed by atoms with van der Waals surface area (Å²) in [4.78, 5) is 0. The molecule has 0 saturated carbocycles. The fourth-order valence-electron chi connectivity index (χ4n) is 10.9. The molecule has 10 aromatic rings. The number of nitrogens with zero attached hydrogens (tertiary/aromatic N) is 3. The molecular formula is C59H59Br2N3. The number of fused-ring (bicyclic) bond motifs is 9. The Morgan fingerprint density at radius 3 is 1.27 bits per heavy atom. The SMILES string of the molecule is CCCCC(CC)Cn1c2ccccc2c2cc(C(c3ccc(-n4c5ccc(Br)cc5c5cc(Br)ccc54)cc3)c3ccc4c(c3)c3ccccc3n4CC(CC)CCCC)ccc21. The van der Waals surface area contributed by atoms with Crippen LogP contribution in [0.4, 0.5) is 0 Å². The Balaban J connectivity index is 1.14. The van der Waals surface area contributed by atoms with Crippen LogP contribution < -0.4 is 0 Å². The molecule has 3 aromatic heterocycles. The van der Waals surface area contributed by atoms with Gasteiger partial charge in [-0.25, -0.2) is 0 Å². The zero-order valence-corrected chi connectivity index (χ0v) is 40.9. The van der Waals surface area contributed by atoms with E-state index in [-0.39, 0.29) is 5.92 Å². The molecule has 0 saturated heterocycles. The highest BCUT2D eigenvalue weighted by Crippen LogP contribution is 2.42. The van der Waals surface area contributed by atoms with Crippen LogP contribution in [0.3, 0.4) is 0 Å². The van der Waals surface area contributed by atoms with E-state index >= 15 is 0 Å². The predicted octanol–water partition coefficient (Wildman–Crippen LogP) is 18.1. The van der Waals surface area contributed by atoms with Gasteiger partial charge in [0.1, 0.15) is 0 Å². The minimum Gasteiger partial charge on any atom is -0.340 e. The molecule has 324 valence electrons. The van der Waals surface area contributed by atoms with E-state index in [1.54, 1.807) is 0 Å². The lowest BCUT2D eigenvalue weighted by atomic mass is 9.84. The standard InChI is InChI=1S/C59H59Br2N3/c1-5-9-15-39(7-3)37-62-53-19-13-11-17-47(53)49-33-42(23-29-55(49)62)59(43-24-30-56-50(34-43)48-18-12-14-20-54(48)63(56)38-40(8-4)16-10-6-2)41-21-27-46(28-22-41)64-57-31-25-44(60)35-51(57)52-36-45(61)26-32-58(52)64/h11-14,17-36,39-40,59H,5-10,15-16,37-38H2,1-4H3. The summed E-state index contributed by atoms with van der Waals surface area (Å²) < 4.78 is 9.82. The average Bonchev–Trinajstić information content (AvgIpc) is 3.93. The van der Waals surface area contributed by atoms with Crippen molar-refractivity contribution in [1.82, 2.24) is 13.7 Å². The van der Waals surface area contributed by atoms with Gasteiger partial charge in [-0.1, -0.05) is 159 Å². The van der Waals surface area contributed by atoms with Crippen molar-refractivity contribution >= 4 is 97.3 Å². The third kappa shape index (κ3) is 7.81. The summed E-state index contributed by atoms with van der Waals surface area (Å²) in [5.41, 5.74) is 12.8. The molecule has 5 heteroatoms. The second-order valence-corrected chi connectivity index (χ2v) is 20.2. The van der Waals surface area contributed by atoms with Crippen LogP contribution >= 0.6 is 31.9 Å². The van der Waals surface area contributed by atoms with Gasteiger partial charge in [0.15, 0.2) is 0 Å². The highest BCUT2D eigenvalue weighted by Gasteiger charge is 2.23. The molecule has 3 heterocycles. The first-order valence-electron chi connectivity index (χ1n) is 23.9. The quantitative estimate of drug-likeness (QED) is 0.0857. The van der Waals surface area contributed by atoms with Crippen LogP contribution in [0, 0.1) is 11.8 Å². The molecule has 0 aliphatic heterocycles. The number of halogens is 2. The van der Waals surface area contributed by atoms with Crippen LogP contribution in [0.5, 0.6) is 0 Å². The molecule has 10 rings (SSSR count). The van der Waals surface area contributed by atoms with Crippen molar-refractivity contribution in [2.45, 2.75) is 98.1 Å². The van der Waals surface area contributed by atoms with Crippen LogP contribution in [0.1, 0.15) is 102 Å². The maximum atomic E-state index is 3.75. The van der Waals surface area contributed by atoms with Crippen molar-refractivity contribution in [3.05, 3.63) is 171 Å². The van der Waals surface area contributed by atoms with E-state index in [9.17, 15) is 0 Å². The molecule has 0 aliphatic carbocycles. The lowest BCUT2D eigenvalue weighted by Crippen LogP contribution is -2.10. The van der Waals surface area contributed by atoms with E-state index < -0.39 is 0 Å². The highest BCUT2D eigenvalue weighted by atomic mass is 79.9. The number of hydrogen-bond donors (Lipinski definition) is 0. The monoisotopic (exact) mass is 967 g/mol. The van der Waals surface area contributed by atoms with Gasteiger partial charge < -0.3 is 13.7 Å². The first kappa shape index (κ1) is 42.8. The lowest BCUT2D eigenvalue weighted by molar-refractivity contribution is 0.401. The highest BCUT2D eigenvalue weighted by molar-refractivity contribution is 9.10. The van der Waals surface area contributed by atoms with Gasteiger partial charge in [0, 0.05) is 88.0 Å². The third-order valence-corrected chi connectivity index (χ3v) is 15.4. The van der Waals surface area contributed by atoms with Crippen molar-refractivity contribution in [2.75, 3.05) is 0 Å². The summed E-state index contributed by atoms with van der Waals surface area (Å²) in [6.45, 7) is 11.5. The number of hydrogen-bond acceptors (Lipinski definition) is 0. The normalized spacial score (nSPS) is 13.6. The maximum Gasteiger partial charge on any atom is 0.0541 e. The van der Waals surface area contributed by atoms with Crippen LogP contribution in [0.2, 0.25) is 0 Å². The van der Waals surface area contributed by atoms with E-state index in [2.05, 4.69) is 219 Å². The molecule has 0 radical (unpaired) electrons. The second-order valence-electron chi connectivity index (χ2n) is 18.3. The first-order chi connectivity index (χ1) is 31.4. The molecule has 0 amide bonds. The Bertz CT molecular complexity index is 3080. The van der Waals surface area contributed by atoms with Gasteiger partial charge in [-0.2, -0.15) is 0 Å². The Morgan fingerprint density at radius 2 is 0.812 bits per heavy atom. The second kappa shape index (κ2) is 18.4. The minimum absolute atomic E-state index is 0.0259. The van der Waals surface area contributed by atoms with Crippen LogP contribution in [-0.4, -0.2) is 13.7 Å². The number of benzene rings is 7. The van der Waals surface area contributed by atoms with Crippen molar-refractivity contribution in [3.8, 4) is 5.69 Å². The number of unbranched alkanes of at least 4 members (excludes halogenated alkanes) is 2. The summed E-state index contributed by atoms with van der Waals surface area (Å²) >= 11 is 7.50. The van der Waals surface area contributed by atoms with Crippen LogP contribution in [0.15, 0.2) is 155 Å². The Kier molecular flexibility index (Phi) is 12.3. The first-order valence-corrected chi connectivity index (χ1v) is 25.5. The summed E-state index contributed by atoms with van der Waals surface area (Å²) in [5, 5.41) is 7.85. The predicted molar refractivity (Wildman–Crippen MR) is 283 cm³/mol. The largest absolute Gasteiger partial charge is 0.340 e. The third-order valence-electron chi connectivity index (χ3n) is 14.4. The summed E-state index contributed by atoms with van der Waals surface area (Å²) in [7, 11) is 0. The number of aromatic nitrogens is 3. The van der Waals surface area contributed by atoms with Gasteiger partial charge in [0.2, 0.25) is 0 Å². The van der Waals surface area contributed by atoms with Crippen LogP contribution in [0.25, 0.3) is 71.1 Å². The average molecular weight is 970 g/mol. The Labute approximate surface area is 395 Å².